The quantitative estimate of drug-likeness (QED) is 0.460. The van der Waals surface area contributed by atoms with Crippen LogP contribution in [0.3, 0.4) is 0 Å². The fraction of sp³-hybridized carbons (Fsp3) is 0.500. The van der Waals surface area contributed by atoms with Gasteiger partial charge in [-0.3, -0.25) is 4.98 Å². The first-order valence-electron chi connectivity index (χ1n) is 11.2. The average Bonchev–Trinajstić information content (AvgIpc) is 3.30. The van der Waals surface area contributed by atoms with Crippen LogP contribution in [0.15, 0.2) is 24.5 Å². The number of hydrogen-bond acceptors (Lipinski definition) is 8. The van der Waals surface area contributed by atoms with E-state index in [0.29, 0.717) is 17.7 Å². The van der Waals surface area contributed by atoms with Crippen LogP contribution in [0, 0.1) is 0 Å². The first kappa shape index (κ1) is 20.8. The van der Waals surface area contributed by atoms with Gasteiger partial charge in [0.2, 0.25) is 5.52 Å². The minimum absolute atomic E-state index is 0.199. The van der Waals surface area contributed by atoms with E-state index in [2.05, 4.69) is 36.6 Å². The molecule has 5 rings (SSSR count). The Morgan fingerprint density at radius 1 is 1.19 bits per heavy atom. The highest BCUT2D eigenvalue weighted by atomic mass is 16.5. The van der Waals surface area contributed by atoms with Crippen LogP contribution < -0.4 is 25.3 Å². The topological polar surface area (TPSA) is 122 Å². The van der Waals surface area contributed by atoms with Crippen molar-refractivity contribution in [3.05, 3.63) is 24.5 Å². The Labute approximate surface area is 186 Å². The Morgan fingerprint density at radius 3 is 2.78 bits per heavy atom. The van der Waals surface area contributed by atoms with Gasteiger partial charge in [0, 0.05) is 44.1 Å². The molecule has 2 aliphatic heterocycles. The number of piperidine rings is 1. The van der Waals surface area contributed by atoms with Gasteiger partial charge in [0.05, 0.1) is 18.9 Å². The lowest BCUT2D eigenvalue weighted by atomic mass is 10.1. The van der Waals surface area contributed by atoms with Gasteiger partial charge in [0.1, 0.15) is 5.75 Å². The molecule has 1 aromatic carbocycles. The lowest BCUT2D eigenvalue weighted by Gasteiger charge is -2.31. The highest BCUT2D eigenvalue weighted by Gasteiger charge is 2.22. The third kappa shape index (κ3) is 4.42. The summed E-state index contributed by atoms with van der Waals surface area (Å²) in [6.45, 7) is 3.18. The van der Waals surface area contributed by atoms with E-state index in [1.165, 1.54) is 0 Å². The van der Waals surface area contributed by atoms with Gasteiger partial charge in [-0.15, -0.1) is 0 Å². The van der Waals surface area contributed by atoms with Crippen LogP contribution in [0.25, 0.3) is 11.2 Å². The van der Waals surface area contributed by atoms with Crippen LogP contribution in [0.5, 0.6) is 5.75 Å². The molecule has 0 unspecified atom stereocenters. The number of ether oxygens (including phenoxy) is 2. The molecule has 0 spiro atoms. The van der Waals surface area contributed by atoms with Crippen LogP contribution in [0.2, 0.25) is 0 Å². The van der Waals surface area contributed by atoms with Crippen molar-refractivity contribution in [2.75, 3.05) is 48.9 Å². The predicted molar refractivity (Wildman–Crippen MR) is 122 cm³/mol. The molecule has 0 amide bonds. The molecule has 0 bridgehead atoms. The van der Waals surface area contributed by atoms with Crippen molar-refractivity contribution < 1.29 is 19.6 Å². The maximum absolute atomic E-state index is 9.78. The minimum atomic E-state index is -0.199. The zero-order valence-corrected chi connectivity index (χ0v) is 18.2. The average molecular weight is 441 g/mol. The van der Waals surface area contributed by atoms with Crippen molar-refractivity contribution in [1.82, 2.24) is 15.0 Å². The van der Waals surface area contributed by atoms with E-state index >= 15 is 0 Å². The molecule has 0 saturated carbocycles. The number of H-pyrrole nitrogens is 2. The van der Waals surface area contributed by atoms with E-state index in [0.717, 1.165) is 80.3 Å². The summed E-state index contributed by atoms with van der Waals surface area (Å²) in [4.78, 5) is 17.9. The normalized spacial score (nSPS) is 18.1. The molecule has 2 fully saturated rings. The van der Waals surface area contributed by atoms with Crippen LogP contribution in [-0.2, 0) is 4.74 Å². The van der Waals surface area contributed by atoms with Gasteiger partial charge in [-0.05, 0) is 37.8 Å². The summed E-state index contributed by atoms with van der Waals surface area (Å²) in [5.41, 5.74) is 3.44. The van der Waals surface area contributed by atoms with Crippen molar-refractivity contribution in [1.29, 1.82) is 0 Å². The summed E-state index contributed by atoms with van der Waals surface area (Å²) in [5.74, 6) is 1.96. The van der Waals surface area contributed by atoms with E-state index in [9.17, 15) is 5.11 Å². The van der Waals surface area contributed by atoms with Gasteiger partial charge < -0.3 is 30.1 Å². The van der Waals surface area contributed by atoms with Crippen molar-refractivity contribution >= 4 is 34.3 Å². The Morgan fingerprint density at radius 2 is 2.00 bits per heavy atom. The number of hydrogen-bond donors (Lipinski definition) is 4. The summed E-state index contributed by atoms with van der Waals surface area (Å²) in [6, 6.07) is 6.38. The van der Waals surface area contributed by atoms with Gasteiger partial charge in [0.25, 0.3) is 0 Å². The van der Waals surface area contributed by atoms with Crippen LogP contribution in [-0.4, -0.2) is 65.6 Å². The molecule has 2 aromatic heterocycles. The zero-order valence-electron chi connectivity index (χ0n) is 18.2. The fourth-order valence-corrected chi connectivity index (χ4v) is 4.30. The molecule has 10 nitrogen and oxygen atoms in total. The van der Waals surface area contributed by atoms with Crippen molar-refractivity contribution in [2.45, 2.75) is 37.8 Å². The zero-order chi connectivity index (χ0) is 21.9. The summed E-state index contributed by atoms with van der Waals surface area (Å²) in [6.07, 6.45) is 5.01. The van der Waals surface area contributed by atoms with Gasteiger partial charge in [-0.2, -0.15) is 4.98 Å². The second kappa shape index (κ2) is 9.17. The number of nitrogens with one attached hydrogen (secondary N) is 4. The number of aromatic amines is 2. The third-order valence-corrected chi connectivity index (χ3v) is 6.16. The SMILES string of the molecule is COc1cc(N2CCC(O)CC2)ccc1Nc1nc(NC2CCOCC2)c2[nH]c[nH+]c2n1. The van der Waals surface area contributed by atoms with Gasteiger partial charge in [-0.1, -0.05) is 4.98 Å². The Hall–Kier alpha value is -3.11. The highest BCUT2D eigenvalue weighted by molar-refractivity contribution is 5.82. The predicted octanol–water partition coefficient (Wildman–Crippen LogP) is 2.08. The first-order valence-corrected chi connectivity index (χ1v) is 11.2. The van der Waals surface area contributed by atoms with Crippen molar-refractivity contribution in [2.24, 2.45) is 0 Å². The number of aliphatic hydroxyl groups is 1. The molecular weight excluding hydrogens is 410 g/mol. The summed E-state index contributed by atoms with van der Waals surface area (Å²) in [5, 5.41) is 16.6. The molecule has 3 aromatic rings. The number of aromatic nitrogens is 4. The number of nitrogens with zero attached hydrogens (tertiary/aromatic N) is 3. The summed E-state index contributed by atoms with van der Waals surface area (Å²) >= 11 is 0. The van der Waals surface area contributed by atoms with Crippen LogP contribution >= 0.6 is 0 Å². The van der Waals surface area contributed by atoms with E-state index in [-0.39, 0.29) is 6.10 Å². The van der Waals surface area contributed by atoms with Gasteiger partial charge >= 0.3 is 11.6 Å². The maximum atomic E-state index is 9.78. The lowest BCUT2D eigenvalue weighted by molar-refractivity contribution is -0.347. The highest BCUT2D eigenvalue weighted by Crippen LogP contribution is 2.33. The molecule has 2 saturated heterocycles. The molecule has 5 N–H and O–H groups in total. The second-order valence-electron chi connectivity index (χ2n) is 8.31. The minimum Gasteiger partial charge on any atom is -0.494 e. The Kier molecular flexibility index (Phi) is 5.95. The Bertz CT molecular complexity index is 1060. The van der Waals surface area contributed by atoms with Gasteiger partial charge in [-0.25, -0.2) is 4.98 Å². The molecule has 10 heteroatoms. The summed E-state index contributed by atoms with van der Waals surface area (Å²) < 4.78 is 11.1. The molecule has 4 heterocycles. The third-order valence-electron chi connectivity index (χ3n) is 6.16. The lowest BCUT2D eigenvalue weighted by Crippen LogP contribution is -2.35. The second-order valence-corrected chi connectivity index (χ2v) is 8.31. The number of rotatable bonds is 6. The largest absolute Gasteiger partial charge is 0.494 e. The fourth-order valence-electron chi connectivity index (χ4n) is 4.30. The molecule has 170 valence electrons. The standard InChI is InChI=1S/C22H29N7O3/c1-31-18-12-15(29-8-4-16(30)5-9-29)2-3-17(18)26-22-27-20-19(23-13-24-20)21(28-22)25-14-6-10-32-11-7-14/h2-3,12-14,16,30H,4-11H2,1H3,(H3,23,24,25,26,27,28)/p+1. The molecular formula is C22H30N7O3+. The number of benzene rings is 1. The van der Waals surface area contributed by atoms with Crippen molar-refractivity contribution in [3.8, 4) is 5.75 Å². The summed E-state index contributed by atoms with van der Waals surface area (Å²) in [7, 11) is 1.66. The number of methoxy groups -OCH3 is 1. The molecule has 0 radical (unpaired) electrons. The molecule has 0 aliphatic carbocycles. The van der Waals surface area contributed by atoms with Crippen LogP contribution in [0.4, 0.5) is 23.1 Å². The number of imidazole rings is 1. The van der Waals surface area contributed by atoms with E-state index in [1.54, 1.807) is 13.4 Å². The van der Waals surface area contributed by atoms with E-state index in [1.807, 2.05) is 12.1 Å². The maximum Gasteiger partial charge on any atom is 0.307 e. The van der Waals surface area contributed by atoms with E-state index < -0.39 is 0 Å². The number of fused-ring (bicyclic) bond motifs is 1. The van der Waals surface area contributed by atoms with Gasteiger partial charge in [0.15, 0.2) is 12.1 Å². The molecule has 2 aliphatic rings. The van der Waals surface area contributed by atoms with Crippen molar-refractivity contribution in [3.63, 3.8) is 0 Å². The first-order chi connectivity index (χ1) is 15.7. The molecule has 0 atom stereocenters. The van der Waals surface area contributed by atoms with E-state index in [4.69, 9.17) is 14.5 Å². The van der Waals surface area contributed by atoms with Crippen LogP contribution in [0.1, 0.15) is 25.7 Å². The number of anilines is 4. The molecule has 32 heavy (non-hydrogen) atoms. The smallest absolute Gasteiger partial charge is 0.307 e. The monoisotopic (exact) mass is 440 g/mol. The Balaban J connectivity index is 1.38. The number of aliphatic hydroxyl groups excluding tert-OH is 1.